The summed E-state index contributed by atoms with van der Waals surface area (Å²) in [6.45, 7) is 8.91. The number of hydrogen-bond acceptors (Lipinski definition) is 9. The number of nitrogen functional groups attached to an aromatic ring is 1. The van der Waals surface area contributed by atoms with Crippen LogP contribution in [0.1, 0.15) is 47.1 Å². The van der Waals surface area contributed by atoms with Gasteiger partial charge in [-0.1, -0.05) is 19.9 Å². The lowest BCUT2D eigenvalue weighted by Gasteiger charge is -2.27. The van der Waals surface area contributed by atoms with Gasteiger partial charge in [-0.3, -0.25) is 14.3 Å². The van der Waals surface area contributed by atoms with Gasteiger partial charge in [0, 0.05) is 55.5 Å². The van der Waals surface area contributed by atoms with Crippen LogP contribution in [0.2, 0.25) is 0 Å². The number of rotatable bonds is 5. The Morgan fingerprint density at radius 2 is 1.88 bits per heavy atom. The first-order chi connectivity index (χ1) is 20.9. The summed E-state index contributed by atoms with van der Waals surface area (Å²) >= 11 is 0. The number of amides is 1. The van der Waals surface area contributed by atoms with Crippen molar-refractivity contribution in [2.24, 2.45) is 0 Å². The fourth-order valence-electron chi connectivity index (χ4n) is 5.53. The molecule has 2 aliphatic rings. The van der Waals surface area contributed by atoms with Crippen molar-refractivity contribution >= 4 is 11.9 Å². The molecule has 4 heterocycles. The largest absolute Gasteiger partial charge is 0.493 e. The van der Waals surface area contributed by atoms with Crippen molar-refractivity contribution in [2.75, 3.05) is 52.3 Å². The first-order valence-electron chi connectivity index (χ1n) is 14.6. The number of benzene rings is 2. The lowest BCUT2D eigenvalue weighted by Crippen LogP contribution is -2.36. The van der Waals surface area contributed by atoms with Gasteiger partial charge in [-0.25, -0.2) is 15.0 Å². The van der Waals surface area contributed by atoms with Crippen LogP contribution in [-0.4, -0.2) is 81.8 Å². The molecule has 224 valence electrons. The van der Waals surface area contributed by atoms with E-state index in [-0.39, 0.29) is 30.1 Å². The number of methoxy groups -OCH3 is 1. The molecule has 1 fully saturated rings. The molecule has 2 aromatic carbocycles. The minimum atomic E-state index is -0.237. The number of anilines is 1. The minimum Gasteiger partial charge on any atom is -0.493 e. The highest BCUT2D eigenvalue weighted by atomic mass is 16.5. The van der Waals surface area contributed by atoms with E-state index in [1.807, 2.05) is 38.2 Å². The number of hydrogen-bond donors (Lipinski definition) is 1. The van der Waals surface area contributed by atoms with Crippen LogP contribution in [0.5, 0.6) is 11.5 Å². The second-order valence-corrected chi connectivity index (χ2v) is 11.1. The standard InChI is InChI=1S/C32H37N7O4/c1-21(2)26-18-27(36-32(33)35-26)31(40)38-10-13-43-29-17-24(4-5-28(29)41-3)30-34-6-7-39(30)25-15-22(14-23(16-25)20-38)19-37-8-11-42-12-9-37/h4-7,14-18,21H,8-13,19-20H2,1-3H3,(H2,33,35,36). The molecule has 2 aromatic heterocycles. The average molecular weight is 584 g/mol. The summed E-state index contributed by atoms with van der Waals surface area (Å²) in [5.41, 5.74) is 11.0. The maximum absolute atomic E-state index is 14.0. The molecule has 1 saturated heterocycles. The molecule has 4 bridgehead atoms. The van der Waals surface area contributed by atoms with Gasteiger partial charge in [0.25, 0.3) is 5.91 Å². The van der Waals surface area contributed by atoms with Gasteiger partial charge in [0.05, 0.1) is 26.9 Å². The van der Waals surface area contributed by atoms with Crippen LogP contribution in [0.15, 0.2) is 54.9 Å². The van der Waals surface area contributed by atoms with Crippen LogP contribution < -0.4 is 15.2 Å². The molecule has 6 rings (SSSR count). The van der Waals surface area contributed by atoms with E-state index in [1.54, 1.807) is 24.3 Å². The van der Waals surface area contributed by atoms with Crippen molar-refractivity contribution in [3.05, 3.63) is 77.4 Å². The first-order valence-corrected chi connectivity index (χ1v) is 14.6. The van der Waals surface area contributed by atoms with Crippen LogP contribution in [0.4, 0.5) is 5.95 Å². The SMILES string of the molecule is COc1ccc2cc1OCCN(C(=O)c1cc(C(C)C)nc(N)n1)Cc1cc(CN3CCOCC3)cc(c1)-n1ccnc1-2. The lowest BCUT2D eigenvalue weighted by atomic mass is 10.1. The van der Waals surface area contributed by atoms with E-state index in [9.17, 15) is 4.79 Å². The van der Waals surface area contributed by atoms with Crippen molar-refractivity contribution in [2.45, 2.75) is 32.9 Å². The molecule has 11 nitrogen and oxygen atoms in total. The van der Waals surface area contributed by atoms with E-state index >= 15 is 0 Å². The summed E-state index contributed by atoms with van der Waals surface area (Å²) in [6.07, 6.45) is 3.75. The van der Waals surface area contributed by atoms with E-state index < -0.39 is 0 Å². The minimum absolute atomic E-state index is 0.0839. The molecular formula is C32H37N7O4. The normalized spacial score (nSPS) is 15.6. The number of ether oxygens (including phenoxy) is 3. The molecule has 11 heteroatoms. The fraction of sp³-hybridized carbons (Fsp3) is 0.375. The van der Waals surface area contributed by atoms with Crippen molar-refractivity contribution in [3.8, 4) is 28.6 Å². The Hall–Kier alpha value is -4.48. The molecule has 0 spiro atoms. The summed E-state index contributed by atoms with van der Waals surface area (Å²) < 4.78 is 19.5. The third kappa shape index (κ3) is 6.32. The molecule has 2 aliphatic heterocycles. The summed E-state index contributed by atoms with van der Waals surface area (Å²) in [5.74, 6) is 1.91. The summed E-state index contributed by atoms with van der Waals surface area (Å²) in [6, 6.07) is 14.0. The van der Waals surface area contributed by atoms with Gasteiger partial charge < -0.3 is 24.8 Å². The highest BCUT2D eigenvalue weighted by Crippen LogP contribution is 2.34. The molecular weight excluding hydrogens is 546 g/mol. The van der Waals surface area contributed by atoms with Gasteiger partial charge in [-0.2, -0.15) is 0 Å². The Kier molecular flexibility index (Phi) is 8.26. The molecule has 1 amide bonds. The van der Waals surface area contributed by atoms with Gasteiger partial charge in [0.2, 0.25) is 5.95 Å². The second-order valence-electron chi connectivity index (χ2n) is 11.1. The number of fused-ring (bicyclic) bond motifs is 7. The van der Waals surface area contributed by atoms with E-state index in [2.05, 4.69) is 37.6 Å². The smallest absolute Gasteiger partial charge is 0.273 e. The van der Waals surface area contributed by atoms with Gasteiger partial charge in [-0.15, -0.1) is 0 Å². The number of aromatic nitrogens is 4. The summed E-state index contributed by atoms with van der Waals surface area (Å²) in [7, 11) is 1.61. The number of carbonyl (C=O) groups is 1. The Labute approximate surface area is 251 Å². The lowest BCUT2D eigenvalue weighted by molar-refractivity contribution is 0.0341. The molecule has 43 heavy (non-hydrogen) atoms. The number of nitrogens with two attached hydrogens (primary N) is 1. The maximum atomic E-state index is 14.0. The molecule has 0 unspecified atom stereocenters. The van der Waals surface area contributed by atoms with Crippen molar-refractivity contribution in [3.63, 3.8) is 0 Å². The van der Waals surface area contributed by atoms with Gasteiger partial charge >= 0.3 is 0 Å². The molecule has 0 atom stereocenters. The van der Waals surface area contributed by atoms with E-state index in [1.165, 1.54) is 0 Å². The van der Waals surface area contributed by atoms with Gasteiger partial charge in [0.1, 0.15) is 18.1 Å². The fourth-order valence-corrected chi connectivity index (χ4v) is 5.53. The predicted molar refractivity (Wildman–Crippen MR) is 162 cm³/mol. The van der Waals surface area contributed by atoms with Crippen LogP contribution >= 0.6 is 0 Å². The molecule has 0 radical (unpaired) electrons. The zero-order valence-electron chi connectivity index (χ0n) is 24.8. The van der Waals surface area contributed by atoms with Gasteiger partial charge in [0.15, 0.2) is 11.5 Å². The van der Waals surface area contributed by atoms with Crippen LogP contribution in [0.3, 0.4) is 0 Å². The monoisotopic (exact) mass is 583 g/mol. The number of morpholine rings is 1. The number of imidazole rings is 1. The van der Waals surface area contributed by atoms with Crippen molar-refractivity contribution in [1.29, 1.82) is 0 Å². The predicted octanol–water partition coefficient (Wildman–Crippen LogP) is 3.91. The summed E-state index contributed by atoms with van der Waals surface area (Å²) in [4.78, 5) is 31.5. The molecule has 0 aliphatic carbocycles. The van der Waals surface area contributed by atoms with Crippen LogP contribution in [0.25, 0.3) is 17.1 Å². The second kappa shape index (κ2) is 12.4. The van der Waals surface area contributed by atoms with Crippen molar-refractivity contribution < 1.29 is 19.0 Å². The highest BCUT2D eigenvalue weighted by molar-refractivity contribution is 5.92. The number of carbonyl (C=O) groups excluding carboxylic acids is 1. The third-order valence-electron chi connectivity index (χ3n) is 7.74. The summed E-state index contributed by atoms with van der Waals surface area (Å²) in [5, 5.41) is 0. The van der Waals surface area contributed by atoms with Crippen LogP contribution in [0, 0.1) is 0 Å². The first kappa shape index (κ1) is 28.6. The molecule has 0 saturated carbocycles. The quantitative estimate of drug-likeness (QED) is 0.373. The number of nitrogens with zero attached hydrogens (tertiary/aromatic N) is 6. The average Bonchev–Trinajstić information content (AvgIpc) is 3.50. The third-order valence-corrected chi connectivity index (χ3v) is 7.74. The van der Waals surface area contributed by atoms with Gasteiger partial charge in [-0.05, 0) is 53.4 Å². The van der Waals surface area contributed by atoms with Crippen LogP contribution in [-0.2, 0) is 17.8 Å². The Morgan fingerprint density at radius 3 is 2.67 bits per heavy atom. The zero-order chi connectivity index (χ0) is 29.9. The Morgan fingerprint density at radius 1 is 1.05 bits per heavy atom. The molecule has 2 N–H and O–H groups in total. The topological polar surface area (TPSA) is 121 Å². The zero-order valence-corrected chi connectivity index (χ0v) is 24.8. The Bertz CT molecular complexity index is 1610. The van der Waals surface area contributed by atoms with E-state index in [4.69, 9.17) is 24.9 Å². The molecule has 4 aromatic rings. The van der Waals surface area contributed by atoms with E-state index in [0.29, 0.717) is 24.6 Å². The maximum Gasteiger partial charge on any atom is 0.273 e. The highest BCUT2D eigenvalue weighted by Gasteiger charge is 2.23. The Balaban J connectivity index is 1.44. The van der Waals surface area contributed by atoms with E-state index in [0.717, 1.165) is 66.7 Å². The van der Waals surface area contributed by atoms with Crippen molar-refractivity contribution in [1.82, 2.24) is 29.3 Å².